The summed E-state index contributed by atoms with van der Waals surface area (Å²) in [4.78, 5) is 11.3. The smallest absolute Gasteiger partial charge is 0.434 e. The van der Waals surface area contributed by atoms with E-state index in [0.717, 1.165) is 12.8 Å². The third kappa shape index (κ3) is 6.85. The molecule has 0 aliphatic carbocycles. The number of carbonyl (C=O) groups excluding carboxylic acids is 1. The van der Waals surface area contributed by atoms with Crippen LogP contribution in [0.2, 0.25) is 0 Å². The quantitative estimate of drug-likeness (QED) is 0.386. The second-order valence-corrected chi connectivity index (χ2v) is 4.66. The molecular weight excluding hydrogens is 240 g/mol. The first kappa shape index (κ1) is 15.5. The fraction of sp³-hybridized carbons (Fsp3) is 0.562. The van der Waals surface area contributed by atoms with Gasteiger partial charge in [0.25, 0.3) is 0 Å². The molecule has 1 rings (SSSR count). The monoisotopic (exact) mass is 264 g/mol. The van der Waals surface area contributed by atoms with Gasteiger partial charge < -0.3 is 9.47 Å². The summed E-state index contributed by atoms with van der Waals surface area (Å²) in [5.74, 6) is 0.540. The van der Waals surface area contributed by atoms with Crippen molar-refractivity contribution in [3.8, 4) is 5.75 Å². The van der Waals surface area contributed by atoms with Crippen LogP contribution in [-0.4, -0.2) is 12.8 Å². The highest BCUT2D eigenvalue weighted by molar-refractivity contribution is 5.63. The molecule has 0 heterocycles. The molecule has 0 atom stereocenters. The Bertz CT molecular complexity index is 357. The van der Waals surface area contributed by atoms with E-state index in [-0.39, 0.29) is 0 Å². The van der Waals surface area contributed by atoms with Gasteiger partial charge in [0.1, 0.15) is 5.75 Å². The van der Waals surface area contributed by atoms with E-state index in [4.69, 9.17) is 9.47 Å². The van der Waals surface area contributed by atoms with Crippen LogP contribution < -0.4 is 4.74 Å². The van der Waals surface area contributed by atoms with Crippen LogP contribution in [0.1, 0.15) is 51.5 Å². The van der Waals surface area contributed by atoms with Gasteiger partial charge in [0.15, 0.2) is 0 Å². The number of aryl methyl sites for hydroxylation is 1. The third-order valence-electron chi connectivity index (χ3n) is 2.87. The molecule has 0 spiro atoms. The molecule has 0 aromatic heterocycles. The molecule has 0 aliphatic heterocycles. The second-order valence-electron chi connectivity index (χ2n) is 4.66. The standard InChI is InChI=1S/C16H24O3/c1-3-5-6-7-8-14-9-11-15(12-10-14)19-16(17)18-13-4-2/h9-12H,3-8,13H2,1-2H3. The van der Waals surface area contributed by atoms with E-state index < -0.39 is 6.16 Å². The average molecular weight is 264 g/mol. The van der Waals surface area contributed by atoms with Gasteiger partial charge in [-0.25, -0.2) is 4.79 Å². The lowest BCUT2D eigenvalue weighted by Crippen LogP contribution is -2.10. The molecular formula is C16H24O3. The Balaban J connectivity index is 2.32. The zero-order chi connectivity index (χ0) is 13.9. The SMILES string of the molecule is CCCCCCc1ccc(OC(=O)OCCC)cc1. The van der Waals surface area contributed by atoms with Crippen LogP contribution in [0.15, 0.2) is 24.3 Å². The minimum Gasteiger partial charge on any atom is -0.434 e. The Hall–Kier alpha value is -1.51. The summed E-state index contributed by atoms with van der Waals surface area (Å²) in [6, 6.07) is 7.66. The van der Waals surface area contributed by atoms with Crippen LogP contribution in [0.3, 0.4) is 0 Å². The Kier molecular flexibility index (Phi) is 7.71. The molecule has 106 valence electrons. The molecule has 0 N–H and O–H groups in total. The van der Waals surface area contributed by atoms with Crippen LogP contribution in [0.4, 0.5) is 4.79 Å². The number of carbonyl (C=O) groups is 1. The Morgan fingerprint density at radius 2 is 1.74 bits per heavy atom. The van der Waals surface area contributed by atoms with Gasteiger partial charge in [0.2, 0.25) is 0 Å². The van der Waals surface area contributed by atoms with Crippen LogP contribution in [-0.2, 0) is 11.2 Å². The highest BCUT2D eigenvalue weighted by Gasteiger charge is 2.05. The predicted octanol–water partition coefficient (Wildman–Crippen LogP) is 4.73. The van der Waals surface area contributed by atoms with E-state index in [2.05, 4.69) is 6.92 Å². The molecule has 0 saturated heterocycles. The molecule has 3 nitrogen and oxygen atoms in total. The molecule has 0 saturated carbocycles. The zero-order valence-electron chi connectivity index (χ0n) is 12.0. The molecule has 3 heteroatoms. The summed E-state index contributed by atoms with van der Waals surface area (Å²) < 4.78 is 9.91. The van der Waals surface area contributed by atoms with Crippen LogP contribution in [0.5, 0.6) is 5.75 Å². The molecule has 0 bridgehead atoms. The predicted molar refractivity (Wildman–Crippen MR) is 76.6 cm³/mol. The maximum atomic E-state index is 11.3. The van der Waals surface area contributed by atoms with Gasteiger partial charge in [-0.3, -0.25) is 0 Å². The lowest BCUT2D eigenvalue weighted by atomic mass is 10.1. The minimum absolute atomic E-state index is 0.397. The lowest BCUT2D eigenvalue weighted by Gasteiger charge is -2.06. The van der Waals surface area contributed by atoms with Crippen molar-refractivity contribution in [3.63, 3.8) is 0 Å². The Morgan fingerprint density at radius 3 is 2.37 bits per heavy atom. The van der Waals surface area contributed by atoms with E-state index in [9.17, 15) is 4.79 Å². The minimum atomic E-state index is -0.627. The first-order valence-corrected chi connectivity index (χ1v) is 7.19. The first-order valence-electron chi connectivity index (χ1n) is 7.19. The Morgan fingerprint density at radius 1 is 1.00 bits per heavy atom. The number of hydrogen-bond donors (Lipinski definition) is 0. The number of ether oxygens (including phenoxy) is 2. The van der Waals surface area contributed by atoms with E-state index in [1.807, 2.05) is 31.2 Å². The van der Waals surface area contributed by atoms with Crippen molar-refractivity contribution < 1.29 is 14.3 Å². The van der Waals surface area contributed by atoms with E-state index in [1.54, 1.807) is 0 Å². The van der Waals surface area contributed by atoms with Crippen molar-refractivity contribution in [1.29, 1.82) is 0 Å². The van der Waals surface area contributed by atoms with Gasteiger partial charge >= 0.3 is 6.16 Å². The van der Waals surface area contributed by atoms with Crippen molar-refractivity contribution in [1.82, 2.24) is 0 Å². The Labute approximate surface area is 115 Å². The molecule has 0 fully saturated rings. The number of benzene rings is 1. The van der Waals surface area contributed by atoms with Gasteiger partial charge in [0.05, 0.1) is 6.61 Å². The summed E-state index contributed by atoms with van der Waals surface area (Å²) >= 11 is 0. The second kappa shape index (κ2) is 9.42. The molecule has 0 unspecified atom stereocenters. The molecule has 0 radical (unpaired) electrons. The van der Waals surface area contributed by atoms with Crippen molar-refractivity contribution in [3.05, 3.63) is 29.8 Å². The van der Waals surface area contributed by atoms with Gasteiger partial charge in [-0.05, 0) is 37.0 Å². The van der Waals surface area contributed by atoms with E-state index >= 15 is 0 Å². The van der Waals surface area contributed by atoms with Gasteiger partial charge in [-0.15, -0.1) is 0 Å². The number of hydrogen-bond acceptors (Lipinski definition) is 3. The van der Waals surface area contributed by atoms with E-state index in [0.29, 0.717) is 12.4 Å². The normalized spacial score (nSPS) is 10.2. The first-order chi connectivity index (χ1) is 9.26. The topological polar surface area (TPSA) is 35.5 Å². The average Bonchev–Trinajstić information content (AvgIpc) is 2.43. The van der Waals surface area contributed by atoms with Crippen LogP contribution in [0.25, 0.3) is 0 Å². The third-order valence-corrected chi connectivity index (χ3v) is 2.87. The van der Waals surface area contributed by atoms with E-state index in [1.165, 1.54) is 31.2 Å². The summed E-state index contributed by atoms with van der Waals surface area (Å²) in [7, 11) is 0. The van der Waals surface area contributed by atoms with Gasteiger partial charge in [-0.2, -0.15) is 0 Å². The van der Waals surface area contributed by atoms with Crippen molar-refractivity contribution >= 4 is 6.16 Å². The van der Waals surface area contributed by atoms with Crippen LogP contribution >= 0.6 is 0 Å². The highest BCUT2D eigenvalue weighted by atomic mass is 16.7. The maximum absolute atomic E-state index is 11.3. The summed E-state index contributed by atoms with van der Waals surface area (Å²) in [6.07, 6.45) is 6.30. The molecule has 1 aromatic carbocycles. The zero-order valence-corrected chi connectivity index (χ0v) is 12.0. The van der Waals surface area contributed by atoms with Gasteiger partial charge in [-0.1, -0.05) is 45.2 Å². The maximum Gasteiger partial charge on any atom is 0.513 e. The van der Waals surface area contributed by atoms with Crippen molar-refractivity contribution in [2.45, 2.75) is 52.4 Å². The summed E-state index contributed by atoms with van der Waals surface area (Å²) in [5, 5.41) is 0. The van der Waals surface area contributed by atoms with Crippen molar-refractivity contribution in [2.24, 2.45) is 0 Å². The number of rotatable bonds is 8. The molecule has 19 heavy (non-hydrogen) atoms. The fourth-order valence-corrected chi connectivity index (χ4v) is 1.79. The van der Waals surface area contributed by atoms with Crippen molar-refractivity contribution in [2.75, 3.05) is 6.61 Å². The summed E-state index contributed by atoms with van der Waals surface area (Å²) in [5.41, 5.74) is 1.28. The van der Waals surface area contributed by atoms with Gasteiger partial charge in [0, 0.05) is 0 Å². The molecule has 1 aromatic rings. The number of unbranched alkanes of at least 4 members (excludes halogenated alkanes) is 3. The molecule has 0 aliphatic rings. The highest BCUT2D eigenvalue weighted by Crippen LogP contribution is 2.15. The lowest BCUT2D eigenvalue weighted by molar-refractivity contribution is 0.0991. The molecule has 0 amide bonds. The fourth-order valence-electron chi connectivity index (χ4n) is 1.79. The summed E-state index contributed by atoms with van der Waals surface area (Å²) in [6.45, 7) is 4.55. The largest absolute Gasteiger partial charge is 0.513 e. The van der Waals surface area contributed by atoms with Crippen LogP contribution in [0, 0.1) is 0 Å².